The van der Waals surface area contributed by atoms with Crippen LogP contribution in [0.2, 0.25) is 5.02 Å². The van der Waals surface area contributed by atoms with E-state index in [1.54, 1.807) is 58.0 Å². The number of hydrogen-bond acceptors (Lipinski definition) is 6. The summed E-state index contributed by atoms with van der Waals surface area (Å²) in [5, 5.41) is 9.74. The van der Waals surface area contributed by atoms with Gasteiger partial charge in [-0.1, -0.05) is 30.7 Å². The summed E-state index contributed by atoms with van der Waals surface area (Å²) in [5.74, 6) is -1.80. The molecule has 3 aliphatic heterocycles. The van der Waals surface area contributed by atoms with Gasteiger partial charge >= 0.3 is 5.97 Å². The van der Waals surface area contributed by atoms with Crippen LogP contribution in [0.5, 0.6) is 0 Å². The topological polar surface area (TPSA) is 87.2 Å². The highest BCUT2D eigenvalue weighted by Gasteiger charge is 2.76. The molecule has 3 aliphatic rings. The van der Waals surface area contributed by atoms with Crippen molar-refractivity contribution in [2.24, 2.45) is 17.8 Å². The number of halogens is 1. The molecule has 1 aromatic carbocycles. The molecule has 1 spiro atoms. The Labute approximate surface area is 234 Å². The largest absolute Gasteiger partial charge is 0.465 e. The van der Waals surface area contributed by atoms with Crippen LogP contribution in [0, 0.1) is 17.8 Å². The number of benzene rings is 1. The third kappa shape index (κ3) is 5.03. The van der Waals surface area contributed by atoms with Crippen molar-refractivity contribution in [3.05, 3.63) is 54.6 Å². The number of carbonyl (C=O) groups is 3. The van der Waals surface area contributed by atoms with Gasteiger partial charge in [-0.15, -0.1) is 24.9 Å². The number of esters is 1. The summed E-state index contributed by atoms with van der Waals surface area (Å²) in [7, 11) is 0. The predicted molar refractivity (Wildman–Crippen MR) is 151 cm³/mol. The van der Waals surface area contributed by atoms with Crippen LogP contribution in [0.15, 0.2) is 49.6 Å². The second-order valence-electron chi connectivity index (χ2n) is 10.3. The minimum absolute atomic E-state index is 0.0644. The Morgan fingerprint density at radius 3 is 2.63 bits per heavy atom. The number of unbranched alkanes of at least 4 members (excludes halogenated alkanes) is 2. The van der Waals surface area contributed by atoms with E-state index in [0.29, 0.717) is 36.5 Å². The van der Waals surface area contributed by atoms with Crippen LogP contribution in [-0.2, 0) is 19.1 Å². The average molecular weight is 561 g/mol. The molecule has 4 rings (SSSR count). The number of amides is 2. The summed E-state index contributed by atoms with van der Waals surface area (Å²) in [4.78, 5) is 45.3. The molecule has 3 saturated heterocycles. The van der Waals surface area contributed by atoms with E-state index < -0.39 is 22.6 Å². The van der Waals surface area contributed by atoms with E-state index in [4.69, 9.17) is 16.3 Å². The highest BCUT2D eigenvalue weighted by molar-refractivity contribution is 8.02. The van der Waals surface area contributed by atoms with Gasteiger partial charge in [0, 0.05) is 35.7 Å². The van der Waals surface area contributed by atoms with Crippen molar-refractivity contribution in [1.82, 2.24) is 4.90 Å². The smallest absolute Gasteiger partial charge is 0.310 e. The van der Waals surface area contributed by atoms with Gasteiger partial charge in [0.1, 0.15) is 6.04 Å². The van der Waals surface area contributed by atoms with Crippen molar-refractivity contribution in [1.29, 1.82) is 0 Å². The van der Waals surface area contributed by atoms with Gasteiger partial charge in [0.05, 0.1) is 23.2 Å². The van der Waals surface area contributed by atoms with Gasteiger partial charge in [-0.05, 0) is 62.3 Å². The van der Waals surface area contributed by atoms with Crippen molar-refractivity contribution in [2.75, 3.05) is 31.2 Å². The first-order chi connectivity index (χ1) is 18.3. The molecule has 2 bridgehead atoms. The fraction of sp³-hybridized carbons (Fsp3) is 0.552. The van der Waals surface area contributed by atoms with E-state index in [-0.39, 0.29) is 48.7 Å². The molecule has 0 aromatic heterocycles. The highest BCUT2D eigenvalue weighted by Crippen LogP contribution is 2.68. The Morgan fingerprint density at radius 1 is 1.24 bits per heavy atom. The second kappa shape index (κ2) is 12.3. The van der Waals surface area contributed by atoms with Crippen LogP contribution in [0.1, 0.15) is 39.0 Å². The Hall–Kier alpha value is -2.29. The zero-order valence-electron chi connectivity index (χ0n) is 21.9. The lowest BCUT2D eigenvalue weighted by atomic mass is 9.66. The number of hydrogen-bond donors (Lipinski definition) is 1. The van der Waals surface area contributed by atoms with Gasteiger partial charge in [-0.2, -0.15) is 0 Å². The van der Waals surface area contributed by atoms with Crippen molar-refractivity contribution in [3.63, 3.8) is 0 Å². The van der Waals surface area contributed by atoms with Gasteiger partial charge in [-0.3, -0.25) is 14.4 Å². The van der Waals surface area contributed by atoms with E-state index in [0.717, 1.165) is 12.8 Å². The van der Waals surface area contributed by atoms with E-state index in [1.807, 2.05) is 0 Å². The van der Waals surface area contributed by atoms with E-state index >= 15 is 0 Å². The minimum atomic E-state index is -0.722. The van der Waals surface area contributed by atoms with Crippen molar-refractivity contribution in [2.45, 2.75) is 55.1 Å². The van der Waals surface area contributed by atoms with Gasteiger partial charge in [0.15, 0.2) is 0 Å². The normalized spacial score (nSPS) is 29.3. The number of aliphatic hydroxyl groups excluding tert-OH is 1. The van der Waals surface area contributed by atoms with E-state index in [2.05, 4.69) is 20.1 Å². The quantitative estimate of drug-likeness (QED) is 0.217. The maximum Gasteiger partial charge on any atom is 0.310 e. The van der Waals surface area contributed by atoms with Crippen molar-refractivity contribution >= 4 is 46.8 Å². The Morgan fingerprint density at radius 2 is 1.97 bits per heavy atom. The fourth-order valence-corrected chi connectivity index (χ4v) is 8.97. The third-order valence-electron chi connectivity index (χ3n) is 8.09. The van der Waals surface area contributed by atoms with Crippen LogP contribution < -0.4 is 4.90 Å². The molecule has 2 amide bonds. The maximum atomic E-state index is 14.5. The molecule has 1 N–H and O–H groups in total. The SMILES string of the molecule is C=CCCOC(=O)[C@@H]1[C@@H]2CC(C)C3(S2)C(C(=O)N(CC=C)c2ccc(Cl)cc2)N(CCCCCO)C(=O)[C@H]13. The molecular formula is C29H37ClN2O5S. The summed E-state index contributed by atoms with van der Waals surface area (Å²) < 4.78 is 4.86. The van der Waals surface area contributed by atoms with Crippen LogP contribution >= 0.6 is 23.4 Å². The molecule has 7 nitrogen and oxygen atoms in total. The summed E-state index contributed by atoms with van der Waals surface area (Å²) in [6, 6.07) is 6.34. The first kappa shape index (κ1) is 28.7. The molecule has 1 aromatic rings. The fourth-order valence-electron chi connectivity index (χ4n) is 6.44. The Balaban J connectivity index is 1.73. The zero-order valence-corrected chi connectivity index (χ0v) is 23.5. The number of nitrogens with zero attached hydrogens (tertiary/aromatic N) is 2. The number of aliphatic hydroxyl groups is 1. The Bertz CT molecular complexity index is 1070. The molecule has 0 aliphatic carbocycles. The maximum absolute atomic E-state index is 14.5. The predicted octanol–water partition coefficient (Wildman–Crippen LogP) is 4.48. The summed E-state index contributed by atoms with van der Waals surface area (Å²) in [6.45, 7) is 10.6. The minimum Gasteiger partial charge on any atom is -0.465 e. The molecule has 6 atom stereocenters. The molecular weight excluding hydrogens is 524 g/mol. The third-order valence-corrected chi connectivity index (χ3v) is 10.4. The van der Waals surface area contributed by atoms with Crippen LogP contribution in [0.25, 0.3) is 0 Å². The number of ether oxygens (including phenoxy) is 1. The zero-order chi connectivity index (χ0) is 27.4. The first-order valence-corrected chi connectivity index (χ1v) is 14.6. The summed E-state index contributed by atoms with van der Waals surface area (Å²) in [6.07, 6.45) is 6.71. The molecule has 3 unspecified atom stereocenters. The number of thioether (sulfide) groups is 1. The molecule has 3 heterocycles. The van der Waals surface area contributed by atoms with Crippen LogP contribution in [0.4, 0.5) is 5.69 Å². The Kier molecular flexibility index (Phi) is 9.27. The van der Waals surface area contributed by atoms with Gasteiger partial charge < -0.3 is 19.6 Å². The average Bonchev–Trinajstić information content (AvgIpc) is 3.49. The molecule has 38 heavy (non-hydrogen) atoms. The van der Waals surface area contributed by atoms with Crippen molar-refractivity contribution < 1.29 is 24.2 Å². The number of rotatable bonds is 13. The van der Waals surface area contributed by atoms with Gasteiger partial charge in [0.2, 0.25) is 5.91 Å². The van der Waals surface area contributed by atoms with Crippen LogP contribution in [-0.4, -0.2) is 70.1 Å². The van der Waals surface area contributed by atoms with Crippen LogP contribution in [0.3, 0.4) is 0 Å². The molecule has 3 fully saturated rings. The lowest BCUT2D eigenvalue weighted by Gasteiger charge is -2.40. The first-order valence-electron chi connectivity index (χ1n) is 13.4. The lowest BCUT2D eigenvalue weighted by molar-refractivity contribution is -0.154. The number of likely N-dealkylation sites (tertiary alicyclic amines) is 1. The lowest BCUT2D eigenvalue weighted by Crippen LogP contribution is -2.57. The van der Waals surface area contributed by atoms with Gasteiger partial charge in [-0.25, -0.2) is 0 Å². The number of carbonyl (C=O) groups excluding carboxylic acids is 3. The van der Waals surface area contributed by atoms with E-state index in [1.165, 1.54) is 0 Å². The molecule has 9 heteroatoms. The molecule has 0 saturated carbocycles. The monoisotopic (exact) mass is 560 g/mol. The van der Waals surface area contributed by atoms with Gasteiger partial charge in [0.25, 0.3) is 5.91 Å². The standard InChI is InChI=1S/C29H37ClN2O5S/c1-4-6-17-37-28(36)23-22-18-19(3)29(38-22)24(23)26(34)32(15-8-7-9-16-33)25(29)27(35)31(14-5-2)21-12-10-20(30)11-13-21/h4-5,10-13,19,22-25,33H,1-2,6-9,14-18H2,3H3/t19?,22-,23+,24-,25?,29?/m0/s1. The van der Waals surface area contributed by atoms with Crippen molar-refractivity contribution in [3.8, 4) is 0 Å². The number of anilines is 1. The summed E-state index contributed by atoms with van der Waals surface area (Å²) in [5.41, 5.74) is 0.678. The van der Waals surface area contributed by atoms with E-state index in [9.17, 15) is 19.5 Å². The molecule has 0 radical (unpaired) electrons. The second-order valence-corrected chi connectivity index (χ2v) is 12.3. The highest BCUT2D eigenvalue weighted by atomic mass is 35.5. The molecule has 206 valence electrons. The number of fused-ring (bicyclic) bond motifs is 1. The summed E-state index contributed by atoms with van der Waals surface area (Å²) >= 11 is 7.75.